The Morgan fingerprint density at radius 3 is 1.44 bits per heavy atom. The molecule has 0 amide bonds. The first kappa shape index (κ1) is 35.0. The van der Waals surface area contributed by atoms with Crippen molar-refractivity contribution in [2.75, 3.05) is 4.90 Å². The molecular weight excluding hydrogens is 711 g/mol. The Kier molecular flexibility index (Phi) is 8.13. The zero-order chi connectivity index (χ0) is 39.6. The smallest absolute Gasteiger partial charge is 0.0713 e. The second-order valence-corrected chi connectivity index (χ2v) is 16.5. The molecule has 1 heteroatoms. The third-order valence-electron chi connectivity index (χ3n) is 12.9. The van der Waals surface area contributed by atoms with E-state index in [9.17, 15) is 0 Å². The molecule has 280 valence electrons. The molecule has 9 aromatic carbocycles. The first-order chi connectivity index (χ1) is 29.0. The average molecular weight is 754 g/mol. The molecule has 0 aliphatic heterocycles. The van der Waals surface area contributed by atoms with Gasteiger partial charge in [-0.15, -0.1) is 0 Å². The van der Waals surface area contributed by atoms with Crippen LogP contribution >= 0.6 is 0 Å². The van der Waals surface area contributed by atoms with Crippen LogP contribution in [0.25, 0.3) is 44.5 Å². The maximum Gasteiger partial charge on any atom is 0.0713 e. The molecule has 0 N–H and O–H groups in total. The standard InChI is InChI=1S/C58H43N/c1-57(2)53-30-14-12-28-49(53)51-34-32-48(39-56(51)57)59(46-27-17-22-43(37-46)42-21-16-20-41(36-42)40-18-6-3-7-19-40)47-33-35-55-52(38-47)50-29-13-15-31-54(50)58(55,44-23-8-4-9-24-44)45-25-10-5-11-26-45/h3-39H,1-2H3. The van der Waals surface area contributed by atoms with E-state index in [-0.39, 0.29) is 5.41 Å². The first-order valence-electron chi connectivity index (χ1n) is 20.7. The number of nitrogens with zero attached hydrogens (tertiary/aromatic N) is 1. The third kappa shape index (κ3) is 5.46. The Bertz CT molecular complexity index is 2970. The van der Waals surface area contributed by atoms with Gasteiger partial charge in [0.2, 0.25) is 0 Å². The summed E-state index contributed by atoms with van der Waals surface area (Å²) in [6, 6.07) is 83.0. The van der Waals surface area contributed by atoms with Gasteiger partial charge in [0.1, 0.15) is 0 Å². The van der Waals surface area contributed by atoms with Crippen LogP contribution in [0.2, 0.25) is 0 Å². The zero-order valence-corrected chi connectivity index (χ0v) is 33.3. The van der Waals surface area contributed by atoms with Crippen LogP contribution in [-0.4, -0.2) is 0 Å². The molecule has 0 unspecified atom stereocenters. The van der Waals surface area contributed by atoms with E-state index in [1.54, 1.807) is 0 Å². The number of fused-ring (bicyclic) bond motifs is 6. The number of benzene rings is 9. The molecule has 0 saturated heterocycles. The lowest BCUT2D eigenvalue weighted by Gasteiger charge is -2.34. The summed E-state index contributed by atoms with van der Waals surface area (Å²) in [4.78, 5) is 2.47. The summed E-state index contributed by atoms with van der Waals surface area (Å²) in [6.45, 7) is 4.73. The Hall–Kier alpha value is -7.22. The van der Waals surface area contributed by atoms with Crippen molar-refractivity contribution in [1.29, 1.82) is 0 Å². The molecule has 0 atom stereocenters. The van der Waals surface area contributed by atoms with Gasteiger partial charge in [-0.25, -0.2) is 0 Å². The van der Waals surface area contributed by atoms with E-state index >= 15 is 0 Å². The molecule has 0 saturated carbocycles. The fourth-order valence-electron chi connectivity index (χ4n) is 10.2. The lowest BCUT2D eigenvalue weighted by molar-refractivity contribution is 0.660. The van der Waals surface area contributed by atoms with E-state index in [0.29, 0.717) is 0 Å². The van der Waals surface area contributed by atoms with Gasteiger partial charge in [-0.2, -0.15) is 0 Å². The first-order valence-corrected chi connectivity index (χ1v) is 20.7. The zero-order valence-electron chi connectivity index (χ0n) is 33.3. The van der Waals surface area contributed by atoms with Crippen molar-refractivity contribution < 1.29 is 0 Å². The molecule has 0 bridgehead atoms. The van der Waals surface area contributed by atoms with Gasteiger partial charge in [0.05, 0.1) is 5.41 Å². The topological polar surface area (TPSA) is 3.24 Å². The van der Waals surface area contributed by atoms with E-state index in [0.717, 1.165) is 17.1 Å². The van der Waals surface area contributed by atoms with Crippen LogP contribution in [0.1, 0.15) is 47.2 Å². The maximum atomic E-state index is 2.47. The molecule has 0 heterocycles. The number of hydrogen-bond acceptors (Lipinski definition) is 1. The molecule has 0 fully saturated rings. The summed E-state index contributed by atoms with van der Waals surface area (Å²) in [6.07, 6.45) is 0. The van der Waals surface area contributed by atoms with Gasteiger partial charge in [0, 0.05) is 22.5 Å². The molecule has 9 aromatic rings. The summed E-state index contributed by atoms with van der Waals surface area (Å²) in [5, 5.41) is 0. The number of anilines is 3. The van der Waals surface area contributed by atoms with Crippen molar-refractivity contribution in [3.8, 4) is 44.5 Å². The predicted molar refractivity (Wildman–Crippen MR) is 247 cm³/mol. The van der Waals surface area contributed by atoms with Gasteiger partial charge >= 0.3 is 0 Å². The lowest BCUT2D eigenvalue weighted by Crippen LogP contribution is -2.28. The third-order valence-corrected chi connectivity index (χ3v) is 12.9. The minimum absolute atomic E-state index is 0.130. The second-order valence-electron chi connectivity index (χ2n) is 16.5. The van der Waals surface area contributed by atoms with E-state index < -0.39 is 5.41 Å². The largest absolute Gasteiger partial charge is 0.310 e. The highest BCUT2D eigenvalue weighted by Gasteiger charge is 2.46. The molecule has 2 aliphatic carbocycles. The van der Waals surface area contributed by atoms with Crippen LogP contribution in [0.3, 0.4) is 0 Å². The van der Waals surface area contributed by atoms with Crippen molar-refractivity contribution in [3.63, 3.8) is 0 Å². The fourth-order valence-corrected chi connectivity index (χ4v) is 10.2. The van der Waals surface area contributed by atoms with Gasteiger partial charge < -0.3 is 4.90 Å². The van der Waals surface area contributed by atoms with Crippen molar-refractivity contribution in [1.82, 2.24) is 0 Å². The minimum Gasteiger partial charge on any atom is -0.310 e. The molecule has 0 aromatic heterocycles. The van der Waals surface area contributed by atoms with Crippen LogP contribution in [0.5, 0.6) is 0 Å². The Balaban J connectivity index is 1.12. The van der Waals surface area contributed by atoms with E-state index in [1.165, 1.54) is 77.9 Å². The van der Waals surface area contributed by atoms with Crippen LogP contribution in [0, 0.1) is 0 Å². The van der Waals surface area contributed by atoms with Crippen LogP contribution < -0.4 is 4.90 Å². The second kappa shape index (κ2) is 13.7. The summed E-state index contributed by atoms with van der Waals surface area (Å²) in [7, 11) is 0. The normalized spacial score (nSPS) is 13.9. The average Bonchev–Trinajstić information content (AvgIpc) is 3.73. The summed E-state index contributed by atoms with van der Waals surface area (Å²) in [5.74, 6) is 0. The molecule has 59 heavy (non-hydrogen) atoms. The fraction of sp³-hybridized carbons (Fsp3) is 0.0690. The minimum atomic E-state index is -0.454. The molecule has 11 rings (SSSR count). The molecule has 1 nitrogen and oxygen atoms in total. The van der Waals surface area contributed by atoms with Gasteiger partial charge in [0.25, 0.3) is 0 Å². The highest BCUT2D eigenvalue weighted by atomic mass is 15.1. The molecule has 2 aliphatic rings. The van der Waals surface area contributed by atoms with Gasteiger partial charge in [-0.05, 0) is 120 Å². The van der Waals surface area contributed by atoms with Crippen molar-refractivity contribution in [3.05, 3.63) is 258 Å². The summed E-state index contributed by atoms with van der Waals surface area (Å²) >= 11 is 0. The van der Waals surface area contributed by atoms with Crippen molar-refractivity contribution in [2.45, 2.75) is 24.7 Å². The van der Waals surface area contributed by atoms with E-state index in [2.05, 4.69) is 243 Å². The highest BCUT2D eigenvalue weighted by Crippen LogP contribution is 2.57. The van der Waals surface area contributed by atoms with Gasteiger partial charge in [-0.1, -0.05) is 196 Å². The van der Waals surface area contributed by atoms with Gasteiger partial charge in [0.15, 0.2) is 0 Å². The Labute approximate surface area is 347 Å². The monoisotopic (exact) mass is 753 g/mol. The van der Waals surface area contributed by atoms with Crippen LogP contribution in [-0.2, 0) is 10.8 Å². The molecule has 0 radical (unpaired) electrons. The SMILES string of the molecule is CC1(C)c2ccccc2-c2ccc(N(c3cccc(-c4cccc(-c5ccccc5)c4)c3)c3ccc4c(c3)-c3ccccc3C4(c3ccccc3)c3ccccc3)cc21. The highest BCUT2D eigenvalue weighted by molar-refractivity contribution is 5.92. The molecule has 0 spiro atoms. The number of hydrogen-bond donors (Lipinski definition) is 0. The summed E-state index contributed by atoms with van der Waals surface area (Å²) in [5.41, 5.74) is 20.7. The van der Waals surface area contributed by atoms with Crippen LogP contribution in [0.4, 0.5) is 17.1 Å². The van der Waals surface area contributed by atoms with Crippen molar-refractivity contribution >= 4 is 17.1 Å². The maximum absolute atomic E-state index is 2.47. The van der Waals surface area contributed by atoms with E-state index in [1.807, 2.05) is 0 Å². The lowest BCUT2D eigenvalue weighted by atomic mass is 9.68. The molecular formula is C58H43N. The quantitative estimate of drug-likeness (QED) is 0.157. The van der Waals surface area contributed by atoms with E-state index in [4.69, 9.17) is 0 Å². The predicted octanol–water partition coefficient (Wildman–Crippen LogP) is 15.2. The Morgan fingerprint density at radius 2 is 0.746 bits per heavy atom. The van der Waals surface area contributed by atoms with Gasteiger partial charge in [-0.3, -0.25) is 0 Å². The number of rotatable bonds is 7. The summed E-state index contributed by atoms with van der Waals surface area (Å²) < 4.78 is 0. The van der Waals surface area contributed by atoms with Crippen molar-refractivity contribution in [2.24, 2.45) is 0 Å². The van der Waals surface area contributed by atoms with Crippen LogP contribution in [0.15, 0.2) is 224 Å². The Morgan fingerprint density at radius 1 is 0.288 bits per heavy atom.